The van der Waals surface area contributed by atoms with Gasteiger partial charge >= 0.3 is 5.97 Å². The summed E-state index contributed by atoms with van der Waals surface area (Å²) in [6.07, 6.45) is 4.56. The van der Waals surface area contributed by atoms with Crippen LogP contribution >= 0.6 is 27.7 Å². The standard InChI is InChI=1S/C26H39BrN2O5S/c1-8-10-29(25(6,7)15-24(3,4)5)22(32)20-26-14-16(27)19(35-26)17(23(33)34-13-9-2)18(26)21(31)28(20)11-12-30/h8-9,16-20,30H,1-2,10-15H2,3-7H3/t16?,17-,18-,19-,20?,26?/m0/s1. The first kappa shape index (κ1) is 28.3. The number of ether oxygens (including phenoxy) is 1. The third-order valence-corrected chi connectivity index (χ3v) is 10.5. The summed E-state index contributed by atoms with van der Waals surface area (Å²) in [7, 11) is 0. The van der Waals surface area contributed by atoms with Crippen LogP contribution in [-0.4, -0.2) is 85.4 Å². The minimum atomic E-state index is -0.779. The number of aliphatic hydroxyl groups excluding tert-OH is 1. The van der Waals surface area contributed by atoms with Crippen LogP contribution in [0.3, 0.4) is 0 Å². The van der Waals surface area contributed by atoms with E-state index in [1.54, 1.807) is 17.8 Å². The summed E-state index contributed by atoms with van der Waals surface area (Å²) in [6.45, 7) is 18.2. The van der Waals surface area contributed by atoms with E-state index in [0.29, 0.717) is 13.0 Å². The molecule has 9 heteroatoms. The Morgan fingerprint density at radius 1 is 1.29 bits per heavy atom. The summed E-state index contributed by atoms with van der Waals surface area (Å²) >= 11 is 5.30. The van der Waals surface area contributed by atoms with E-state index < -0.39 is 34.1 Å². The van der Waals surface area contributed by atoms with Crippen LogP contribution in [0.5, 0.6) is 0 Å². The Balaban J connectivity index is 2.07. The Morgan fingerprint density at radius 2 is 1.94 bits per heavy atom. The van der Waals surface area contributed by atoms with Gasteiger partial charge in [-0.25, -0.2) is 0 Å². The van der Waals surface area contributed by atoms with E-state index in [1.165, 1.54) is 11.0 Å². The average Bonchev–Trinajstić information content (AvgIpc) is 3.32. The molecule has 3 unspecified atom stereocenters. The quantitative estimate of drug-likeness (QED) is 0.246. The minimum Gasteiger partial charge on any atom is -0.461 e. The number of nitrogens with zero attached hydrogens (tertiary/aromatic N) is 2. The molecule has 3 rings (SSSR count). The number of hydrogen-bond acceptors (Lipinski definition) is 6. The van der Waals surface area contributed by atoms with Crippen molar-refractivity contribution in [3.63, 3.8) is 0 Å². The smallest absolute Gasteiger partial charge is 0.311 e. The molecular formula is C26H39BrN2O5S. The van der Waals surface area contributed by atoms with Crippen molar-refractivity contribution in [2.45, 2.75) is 73.9 Å². The Hall–Kier alpha value is -1.32. The van der Waals surface area contributed by atoms with Gasteiger partial charge in [-0.2, -0.15) is 0 Å². The molecule has 1 spiro atoms. The van der Waals surface area contributed by atoms with E-state index in [2.05, 4.69) is 49.9 Å². The van der Waals surface area contributed by atoms with Crippen molar-refractivity contribution >= 4 is 45.5 Å². The highest BCUT2D eigenvalue weighted by atomic mass is 79.9. The van der Waals surface area contributed by atoms with Crippen LogP contribution in [0.2, 0.25) is 0 Å². The van der Waals surface area contributed by atoms with Crippen LogP contribution in [0.4, 0.5) is 0 Å². The molecule has 0 radical (unpaired) electrons. The van der Waals surface area contributed by atoms with Gasteiger partial charge in [0.1, 0.15) is 12.6 Å². The van der Waals surface area contributed by atoms with Crippen LogP contribution in [0.1, 0.15) is 47.5 Å². The second-order valence-corrected chi connectivity index (χ2v) is 14.3. The van der Waals surface area contributed by atoms with Gasteiger partial charge in [0, 0.05) is 28.7 Å². The molecule has 0 aliphatic carbocycles. The second kappa shape index (κ2) is 10.2. The predicted octanol–water partition coefficient (Wildman–Crippen LogP) is 3.40. The second-order valence-electron chi connectivity index (χ2n) is 11.6. The normalized spacial score (nSPS) is 31.9. The number of alkyl halides is 1. The van der Waals surface area contributed by atoms with Gasteiger partial charge in [0.2, 0.25) is 11.8 Å². The van der Waals surface area contributed by atoms with Crippen molar-refractivity contribution in [1.29, 1.82) is 0 Å². The fourth-order valence-corrected chi connectivity index (χ4v) is 10.2. The molecule has 0 aromatic heterocycles. The zero-order chi connectivity index (χ0) is 26.3. The van der Waals surface area contributed by atoms with Crippen molar-refractivity contribution in [3.8, 4) is 0 Å². The van der Waals surface area contributed by atoms with Crippen LogP contribution in [-0.2, 0) is 19.1 Å². The van der Waals surface area contributed by atoms with Gasteiger partial charge in [-0.3, -0.25) is 14.4 Å². The van der Waals surface area contributed by atoms with Crippen molar-refractivity contribution in [3.05, 3.63) is 25.3 Å². The average molecular weight is 572 g/mol. The molecule has 7 nitrogen and oxygen atoms in total. The van der Waals surface area contributed by atoms with Gasteiger partial charge in [-0.05, 0) is 32.1 Å². The third kappa shape index (κ3) is 4.97. The topological polar surface area (TPSA) is 87.1 Å². The minimum absolute atomic E-state index is 0.0260. The van der Waals surface area contributed by atoms with Crippen LogP contribution in [0, 0.1) is 17.3 Å². The largest absolute Gasteiger partial charge is 0.461 e. The van der Waals surface area contributed by atoms with Crippen LogP contribution in [0.25, 0.3) is 0 Å². The molecule has 196 valence electrons. The van der Waals surface area contributed by atoms with Crippen LogP contribution in [0.15, 0.2) is 25.3 Å². The number of carbonyl (C=O) groups excluding carboxylic acids is 3. The van der Waals surface area contributed by atoms with Crippen molar-refractivity contribution in [1.82, 2.24) is 9.80 Å². The highest BCUT2D eigenvalue weighted by Crippen LogP contribution is 2.68. The molecule has 3 fully saturated rings. The number of β-amino-alcohol motifs (C(OH)–C–C–N with tert-alkyl or cyclic N) is 1. The monoisotopic (exact) mass is 570 g/mol. The van der Waals surface area contributed by atoms with E-state index in [1.807, 2.05) is 18.7 Å². The van der Waals surface area contributed by atoms with Crippen molar-refractivity contribution in [2.24, 2.45) is 17.3 Å². The number of halogens is 1. The Kier molecular flexibility index (Phi) is 8.24. The van der Waals surface area contributed by atoms with Crippen molar-refractivity contribution < 1.29 is 24.2 Å². The van der Waals surface area contributed by atoms with E-state index in [-0.39, 0.29) is 47.1 Å². The lowest BCUT2D eigenvalue weighted by Crippen LogP contribution is -2.60. The molecule has 3 aliphatic rings. The first-order valence-corrected chi connectivity index (χ1v) is 14.0. The van der Waals surface area contributed by atoms with Gasteiger partial charge in [-0.1, -0.05) is 55.4 Å². The van der Waals surface area contributed by atoms with E-state index >= 15 is 0 Å². The zero-order valence-electron chi connectivity index (χ0n) is 21.5. The lowest BCUT2D eigenvalue weighted by atomic mass is 9.70. The van der Waals surface area contributed by atoms with Crippen LogP contribution < -0.4 is 0 Å². The number of likely N-dealkylation sites (tertiary alicyclic amines) is 1. The zero-order valence-corrected chi connectivity index (χ0v) is 23.9. The third-order valence-electron chi connectivity index (χ3n) is 7.25. The SMILES string of the molecule is C=CCOC(=O)[C@H]1[C@H]2C(=O)N(CCO)C(C(=O)N(CC=C)C(C)(C)CC(C)(C)C)C23CC(Br)[C@@H]1S3. The van der Waals surface area contributed by atoms with Gasteiger partial charge in [-0.15, -0.1) is 18.3 Å². The number of fused-ring (bicyclic) bond motifs is 1. The summed E-state index contributed by atoms with van der Waals surface area (Å²) < 4.78 is 4.63. The molecule has 35 heavy (non-hydrogen) atoms. The number of esters is 1. The van der Waals surface area contributed by atoms with E-state index in [0.717, 1.165) is 6.42 Å². The molecule has 2 bridgehead atoms. The maximum absolute atomic E-state index is 14.4. The maximum Gasteiger partial charge on any atom is 0.311 e. The number of carbonyl (C=O) groups is 3. The first-order valence-electron chi connectivity index (χ1n) is 12.2. The van der Waals surface area contributed by atoms with E-state index in [4.69, 9.17) is 4.74 Å². The number of rotatable bonds is 10. The molecule has 1 N–H and O–H groups in total. The summed E-state index contributed by atoms with van der Waals surface area (Å²) in [5, 5.41) is 9.65. The lowest BCUT2D eigenvalue weighted by molar-refractivity contribution is -0.153. The van der Waals surface area contributed by atoms with Gasteiger partial charge < -0.3 is 19.6 Å². The van der Waals surface area contributed by atoms with E-state index in [9.17, 15) is 19.5 Å². The number of hydrogen-bond donors (Lipinski definition) is 1. The number of amides is 2. The van der Waals surface area contributed by atoms with Gasteiger partial charge in [0.15, 0.2) is 0 Å². The van der Waals surface area contributed by atoms with Gasteiger partial charge in [0.05, 0.1) is 23.2 Å². The highest BCUT2D eigenvalue weighted by Gasteiger charge is 2.76. The maximum atomic E-state index is 14.4. The molecule has 6 atom stereocenters. The molecule has 2 amide bonds. The molecule has 0 saturated carbocycles. The van der Waals surface area contributed by atoms with Gasteiger partial charge in [0.25, 0.3) is 0 Å². The molecule has 3 aliphatic heterocycles. The summed E-state index contributed by atoms with van der Waals surface area (Å²) in [6, 6.07) is -0.779. The fraction of sp³-hybridized carbons (Fsp3) is 0.731. The Labute approximate surface area is 221 Å². The first-order chi connectivity index (χ1) is 16.3. The number of aliphatic hydroxyl groups is 1. The molecular weight excluding hydrogens is 532 g/mol. The van der Waals surface area contributed by atoms with Crippen molar-refractivity contribution in [2.75, 3.05) is 26.3 Å². The molecule has 0 aromatic rings. The summed E-state index contributed by atoms with van der Waals surface area (Å²) in [5.41, 5.74) is -0.522. The molecule has 0 aromatic carbocycles. The molecule has 3 saturated heterocycles. The molecule has 3 heterocycles. The number of thioether (sulfide) groups is 1. The Bertz CT molecular complexity index is 887. The highest BCUT2D eigenvalue weighted by molar-refractivity contribution is 9.09. The predicted molar refractivity (Wildman–Crippen MR) is 142 cm³/mol. The lowest BCUT2D eigenvalue weighted by Gasteiger charge is -2.46. The summed E-state index contributed by atoms with van der Waals surface area (Å²) in [4.78, 5) is 44.6. The fourth-order valence-electron chi connectivity index (χ4n) is 6.57. The summed E-state index contributed by atoms with van der Waals surface area (Å²) in [5.74, 6) is -2.16. The Morgan fingerprint density at radius 3 is 2.49 bits per heavy atom.